The quantitative estimate of drug-likeness (QED) is 0.916. The van der Waals surface area contributed by atoms with Crippen molar-refractivity contribution in [3.8, 4) is 11.5 Å². The molecule has 0 saturated heterocycles. The number of benzene rings is 2. The molecule has 3 nitrogen and oxygen atoms in total. The van der Waals surface area contributed by atoms with Gasteiger partial charge in [0.25, 0.3) is 0 Å². The van der Waals surface area contributed by atoms with Crippen LogP contribution in [0, 0.1) is 5.92 Å². The molecule has 0 saturated carbocycles. The minimum Gasteiger partial charge on any atom is -0.489 e. The van der Waals surface area contributed by atoms with E-state index in [0.717, 1.165) is 11.3 Å². The first kappa shape index (κ1) is 14.2. The second-order valence-corrected chi connectivity index (χ2v) is 5.76. The molecule has 4 heteroatoms. The Kier molecular flexibility index (Phi) is 4.04. The summed E-state index contributed by atoms with van der Waals surface area (Å²) in [6.45, 7) is 3.32. The molecule has 0 aliphatic carbocycles. The number of hydrogen-bond acceptors (Lipinski definition) is 3. The molecule has 0 fully saturated rings. The van der Waals surface area contributed by atoms with Crippen LogP contribution >= 0.6 is 11.6 Å². The molecular weight excluding hydrogens is 288 g/mol. The number of aliphatic hydroxyl groups excluding tert-OH is 1. The third kappa shape index (κ3) is 2.99. The van der Waals surface area contributed by atoms with Crippen LogP contribution in [0.1, 0.15) is 24.2 Å². The summed E-state index contributed by atoms with van der Waals surface area (Å²) in [6.07, 6.45) is -0.784. The van der Waals surface area contributed by atoms with Crippen LogP contribution in [0.3, 0.4) is 0 Å². The molecule has 0 amide bonds. The van der Waals surface area contributed by atoms with Crippen LogP contribution < -0.4 is 9.47 Å². The molecule has 3 rings (SSSR count). The van der Waals surface area contributed by atoms with Gasteiger partial charge in [0.15, 0.2) is 11.5 Å². The lowest BCUT2D eigenvalue weighted by Crippen LogP contribution is -2.12. The average Bonchev–Trinajstić information content (AvgIpc) is 2.69. The summed E-state index contributed by atoms with van der Waals surface area (Å²) >= 11 is 6.14. The van der Waals surface area contributed by atoms with E-state index >= 15 is 0 Å². The van der Waals surface area contributed by atoms with Gasteiger partial charge >= 0.3 is 0 Å². The molecule has 2 unspecified atom stereocenters. The number of rotatable bonds is 2. The first-order valence-electron chi connectivity index (χ1n) is 6.97. The topological polar surface area (TPSA) is 38.7 Å². The Morgan fingerprint density at radius 2 is 1.81 bits per heavy atom. The maximum Gasteiger partial charge on any atom is 0.161 e. The van der Waals surface area contributed by atoms with Crippen LogP contribution in [0.25, 0.3) is 0 Å². The smallest absolute Gasteiger partial charge is 0.161 e. The molecule has 2 aromatic rings. The van der Waals surface area contributed by atoms with Gasteiger partial charge in [0.05, 0.1) is 13.2 Å². The highest BCUT2D eigenvalue weighted by atomic mass is 35.5. The Morgan fingerprint density at radius 3 is 2.57 bits per heavy atom. The van der Waals surface area contributed by atoms with Gasteiger partial charge in [-0.05, 0) is 23.8 Å². The van der Waals surface area contributed by atoms with E-state index in [1.54, 1.807) is 6.07 Å². The Balaban J connectivity index is 1.92. The van der Waals surface area contributed by atoms with Crippen molar-refractivity contribution in [2.75, 3.05) is 13.2 Å². The largest absolute Gasteiger partial charge is 0.489 e. The maximum absolute atomic E-state index is 10.5. The molecule has 110 valence electrons. The lowest BCUT2D eigenvalue weighted by molar-refractivity contribution is 0.218. The van der Waals surface area contributed by atoms with E-state index in [4.69, 9.17) is 21.1 Å². The van der Waals surface area contributed by atoms with Crippen LogP contribution in [0.2, 0.25) is 5.02 Å². The lowest BCUT2D eigenvalue weighted by atomic mass is 10.0. The normalized spacial score (nSPS) is 18.9. The highest BCUT2D eigenvalue weighted by Crippen LogP contribution is 2.35. The molecule has 1 heterocycles. The zero-order chi connectivity index (χ0) is 14.8. The Morgan fingerprint density at radius 1 is 1.10 bits per heavy atom. The number of fused-ring (bicyclic) bond motifs is 1. The summed E-state index contributed by atoms with van der Waals surface area (Å²) in [5.41, 5.74) is 1.42. The molecule has 1 aliphatic heterocycles. The summed E-state index contributed by atoms with van der Waals surface area (Å²) < 4.78 is 11.4. The molecule has 1 aliphatic rings. The van der Waals surface area contributed by atoms with E-state index in [-0.39, 0.29) is 0 Å². The number of aliphatic hydroxyl groups is 1. The van der Waals surface area contributed by atoms with Crippen LogP contribution in [-0.4, -0.2) is 18.3 Å². The van der Waals surface area contributed by atoms with Crippen molar-refractivity contribution in [3.63, 3.8) is 0 Å². The van der Waals surface area contributed by atoms with Gasteiger partial charge in [-0.15, -0.1) is 0 Å². The minimum absolute atomic E-state index is 0.342. The van der Waals surface area contributed by atoms with Crippen molar-refractivity contribution in [3.05, 3.63) is 58.6 Å². The van der Waals surface area contributed by atoms with Gasteiger partial charge in [0.1, 0.15) is 6.10 Å². The van der Waals surface area contributed by atoms with Crippen molar-refractivity contribution in [1.29, 1.82) is 0 Å². The average molecular weight is 305 g/mol. The molecule has 1 N–H and O–H groups in total. The van der Waals surface area contributed by atoms with Crippen molar-refractivity contribution in [2.45, 2.75) is 13.0 Å². The second kappa shape index (κ2) is 5.96. The fourth-order valence-corrected chi connectivity index (χ4v) is 2.55. The van der Waals surface area contributed by atoms with Gasteiger partial charge in [-0.1, -0.05) is 42.8 Å². The molecule has 0 bridgehead atoms. The minimum atomic E-state index is -0.784. The standard InChI is InChI=1S/C17H17ClO3/c1-11-9-20-15-7-6-12(8-16(15)21-10-11)17(19)13-4-2-3-5-14(13)18/h2-8,11,17,19H,9-10H2,1H3. The SMILES string of the molecule is CC1COc2ccc(C(O)c3ccccc3Cl)cc2OC1. The Labute approximate surface area is 129 Å². The highest BCUT2D eigenvalue weighted by molar-refractivity contribution is 6.31. The monoisotopic (exact) mass is 304 g/mol. The predicted octanol–water partition coefficient (Wildman–Crippen LogP) is 3.83. The van der Waals surface area contributed by atoms with Crippen LogP contribution in [-0.2, 0) is 0 Å². The van der Waals surface area contributed by atoms with Gasteiger partial charge in [-0.25, -0.2) is 0 Å². The molecule has 2 aromatic carbocycles. The molecular formula is C17H17ClO3. The predicted molar refractivity (Wildman–Crippen MR) is 82.1 cm³/mol. The van der Waals surface area contributed by atoms with Crippen molar-refractivity contribution in [1.82, 2.24) is 0 Å². The number of ether oxygens (including phenoxy) is 2. The van der Waals surface area contributed by atoms with Crippen molar-refractivity contribution < 1.29 is 14.6 Å². The highest BCUT2D eigenvalue weighted by Gasteiger charge is 2.19. The van der Waals surface area contributed by atoms with E-state index in [0.29, 0.717) is 35.5 Å². The first-order valence-corrected chi connectivity index (χ1v) is 7.35. The van der Waals surface area contributed by atoms with E-state index in [9.17, 15) is 5.11 Å². The van der Waals surface area contributed by atoms with Crippen LogP contribution in [0.5, 0.6) is 11.5 Å². The lowest BCUT2D eigenvalue weighted by Gasteiger charge is -2.15. The third-order valence-corrected chi connectivity index (χ3v) is 3.87. The maximum atomic E-state index is 10.5. The number of halogens is 1. The van der Waals surface area contributed by atoms with Gasteiger partial charge < -0.3 is 14.6 Å². The van der Waals surface area contributed by atoms with E-state index in [1.807, 2.05) is 36.4 Å². The first-order chi connectivity index (χ1) is 10.1. The summed E-state index contributed by atoms with van der Waals surface area (Å²) in [5, 5.41) is 11.1. The van der Waals surface area contributed by atoms with Gasteiger partial charge in [0.2, 0.25) is 0 Å². The van der Waals surface area contributed by atoms with E-state index in [2.05, 4.69) is 6.92 Å². The molecule has 21 heavy (non-hydrogen) atoms. The van der Waals surface area contributed by atoms with Crippen molar-refractivity contribution >= 4 is 11.6 Å². The van der Waals surface area contributed by atoms with Gasteiger partial charge in [-0.3, -0.25) is 0 Å². The molecule has 0 radical (unpaired) electrons. The zero-order valence-corrected chi connectivity index (χ0v) is 12.5. The van der Waals surface area contributed by atoms with Gasteiger partial charge in [-0.2, -0.15) is 0 Å². The molecule has 2 atom stereocenters. The summed E-state index contributed by atoms with van der Waals surface area (Å²) in [7, 11) is 0. The van der Waals surface area contributed by atoms with Crippen LogP contribution in [0.15, 0.2) is 42.5 Å². The Bertz CT molecular complexity index is 642. The zero-order valence-electron chi connectivity index (χ0n) is 11.8. The van der Waals surface area contributed by atoms with E-state index < -0.39 is 6.10 Å². The fraction of sp³-hybridized carbons (Fsp3) is 0.294. The van der Waals surface area contributed by atoms with E-state index in [1.165, 1.54) is 0 Å². The summed E-state index contributed by atoms with van der Waals surface area (Å²) in [6, 6.07) is 12.8. The molecule has 0 aromatic heterocycles. The molecule has 0 spiro atoms. The van der Waals surface area contributed by atoms with Gasteiger partial charge in [0, 0.05) is 16.5 Å². The Hall–Kier alpha value is -1.71. The number of hydrogen-bond donors (Lipinski definition) is 1. The third-order valence-electron chi connectivity index (χ3n) is 3.53. The second-order valence-electron chi connectivity index (χ2n) is 5.36. The van der Waals surface area contributed by atoms with Crippen LogP contribution in [0.4, 0.5) is 0 Å². The fourth-order valence-electron chi connectivity index (χ4n) is 2.32. The van der Waals surface area contributed by atoms with Crippen molar-refractivity contribution in [2.24, 2.45) is 5.92 Å². The summed E-state index contributed by atoms with van der Waals surface area (Å²) in [4.78, 5) is 0. The summed E-state index contributed by atoms with van der Waals surface area (Å²) in [5.74, 6) is 1.73.